The molecule has 1 atom stereocenters. The number of hydrogen-bond donors (Lipinski definition) is 1. The van der Waals surface area contributed by atoms with Crippen molar-refractivity contribution in [3.63, 3.8) is 0 Å². The van der Waals surface area contributed by atoms with Crippen LogP contribution in [-0.2, 0) is 9.59 Å². The molecule has 2 fully saturated rings. The lowest BCUT2D eigenvalue weighted by Crippen LogP contribution is -2.56. The predicted octanol–water partition coefficient (Wildman–Crippen LogP) is -0.607. The number of amides is 2. The van der Waals surface area contributed by atoms with E-state index < -0.39 is 0 Å². The van der Waals surface area contributed by atoms with Gasteiger partial charge >= 0.3 is 0 Å². The third-order valence-electron chi connectivity index (χ3n) is 4.05. The molecule has 2 saturated heterocycles. The van der Waals surface area contributed by atoms with E-state index in [9.17, 15) is 9.59 Å². The average molecular weight is 305 g/mol. The minimum Gasteiger partial charge on any atom is -0.339 e. The summed E-state index contributed by atoms with van der Waals surface area (Å²) in [5, 5.41) is 3.32. The summed E-state index contributed by atoms with van der Waals surface area (Å²) in [6.45, 7) is 9.73. The Hall–Kier alpha value is -0.850. The van der Waals surface area contributed by atoms with Crippen molar-refractivity contribution in [2.45, 2.75) is 19.9 Å². The van der Waals surface area contributed by atoms with Crippen molar-refractivity contribution in [3.05, 3.63) is 0 Å². The fourth-order valence-corrected chi connectivity index (χ4v) is 2.66. The highest BCUT2D eigenvalue weighted by Gasteiger charge is 2.26. The minimum atomic E-state index is 0. The number of hydrogen-bond acceptors (Lipinski definition) is 4. The number of piperazine rings is 2. The molecule has 6 nitrogen and oxygen atoms in total. The van der Waals surface area contributed by atoms with Crippen LogP contribution in [0.2, 0.25) is 0 Å². The number of nitrogens with zero attached hydrogens (tertiary/aromatic N) is 3. The quantitative estimate of drug-likeness (QED) is 0.740. The zero-order valence-electron chi connectivity index (χ0n) is 12.3. The maximum Gasteiger partial charge on any atom is 0.236 e. The van der Waals surface area contributed by atoms with Crippen LogP contribution in [-0.4, -0.2) is 84.9 Å². The third kappa shape index (κ3) is 4.33. The summed E-state index contributed by atoms with van der Waals surface area (Å²) in [6.07, 6.45) is 0. The van der Waals surface area contributed by atoms with Gasteiger partial charge in [0.25, 0.3) is 0 Å². The van der Waals surface area contributed by atoms with Crippen LogP contribution in [0.5, 0.6) is 0 Å². The SMILES string of the molecule is CC(=O)N1CCN(C(=O)CN2CCNC[C@@H]2C)CC1.Cl. The fourth-order valence-electron chi connectivity index (χ4n) is 2.66. The Kier molecular flexibility index (Phi) is 6.71. The highest BCUT2D eigenvalue weighted by molar-refractivity contribution is 5.85. The molecule has 116 valence electrons. The zero-order valence-corrected chi connectivity index (χ0v) is 13.1. The molecule has 2 heterocycles. The molecule has 2 aliphatic heterocycles. The number of carbonyl (C=O) groups excluding carboxylic acids is 2. The summed E-state index contributed by atoms with van der Waals surface area (Å²) < 4.78 is 0. The van der Waals surface area contributed by atoms with Crippen LogP contribution in [0, 0.1) is 0 Å². The van der Waals surface area contributed by atoms with Gasteiger partial charge in [0.05, 0.1) is 6.54 Å². The second kappa shape index (κ2) is 7.81. The van der Waals surface area contributed by atoms with Gasteiger partial charge in [-0.1, -0.05) is 0 Å². The Labute approximate surface area is 126 Å². The highest BCUT2D eigenvalue weighted by atomic mass is 35.5. The molecule has 0 spiro atoms. The van der Waals surface area contributed by atoms with E-state index in [2.05, 4.69) is 17.1 Å². The second-order valence-corrected chi connectivity index (χ2v) is 5.41. The molecule has 2 rings (SSSR count). The molecule has 2 amide bonds. The lowest BCUT2D eigenvalue weighted by molar-refractivity contribution is -0.139. The average Bonchev–Trinajstić information content (AvgIpc) is 2.41. The van der Waals surface area contributed by atoms with Gasteiger partial charge in [-0.3, -0.25) is 14.5 Å². The van der Waals surface area contributed by atoms with Gasteiger partial charge in [-0.2, -0.15) is 0 Å². The molecule has 7 heteroatoms. The van der Waals surface area contributed by atoms with Crippen molar-refractivity contribution in [2.24, 2.45) is 0 Å². The van der Waals surface area contributed by atoms with Crippen LogP contribution in [0.4, 0.5) is 0 Å². The topological polar surface area (TPSA) is 55.9 Å². The van der Waals surface area contributed by atoms with Gasteiger partial charge < -0.3 is 15.1 Å². The molecular formula is C13H25ClN4O2. The Morgan fingerprint density at radius 2 is 1.70 bits per heavy atom. The number of nitrogens with one attached hydrogen (secondary N) is 1. The molecular weight excluding hydrogens is 280 g/mol. The minimum absolute atomic E-state index is 0. The van der Waals surface area contributed by atoms with Gasteiger partial charge in [0, 0.05) is 58.8 Å². The first-order valence-electron chi connectivity index (χ1n) is 7.06. The molecule has 0 radical (unpaired) electrons. The molecule has 20 heavy (non-hydrogen) atoms. The first-order valence-corrected chi connectivity index (χ1v) is 7.06. The second-order valence-electron chi connectivity index (χ2n) is 5.41. The van der Waals surface area contributed by atoms with E-state index >= 15 is 0 Å². The van der Waals surface area contributed by atoms with E-state index in [4.69, 9.17) is 0 Å². The van der Waals surface area contributed by atoms with Crippen LogP contribution < -0.4 is 5.32 Å². The number of rotatable bonds is 2. The van der Waals surface area contributed by atoms with Crippen LogP contribution in [0.3, 0.4) is 0 Å². The van der Waals surface area contributed by atoms with Crippen molar-refractivity contribution >= 4 is 24.2 Å². The normalized spacial score (nSPS) is 24.2. The first kappa shape index (κ1) is 17.2. The fraction of sp³-hybridized carbons (Fsp3) is 0.846. The Balaban J connectivity index is 0.00000200. The number of carbonyl (C=O) groups is 2. The van der Waals surface area contributed by atoms with Crippen LogP contribution in [0.15, 0.2) is 0 Å². The summed E-state index contributed by atoms with van der Waals surface area (Å²) >= 11 is 0. The van der Waals surface area contributed by atoms with E-state index in [-0.39, 0.29) is 24.2 Å². The maximum atomic E-state index is 12.2. The predicted molar refractivity (Wildman–Crippen MR) is 80.0 cm³/mol. The molecule has 0 saturated carbocycles. The Bertz CT molecular complexity index is 345. The van der Waals surface area contributed by atoms with Crippen molar-refractivity contribution < 1.29 is 9.59 Å². The van der Waals surface area contributed by atoms with E-state index in [1.165, 1.54) is 0 Å². The molecule has 0 unspecified atom stereocenters. The zero-order chi connectivity index (χ0) is 13.8. The summed E-state index contributed by atoms with van der Waals surface area (Å²) in [6, 6.07) is 0.413. The first-order chi connectivity index (χ1) is 9.08. The monoisotopic (exact) mass is 304 g/mol. The molecule has 0 aromatic carbocycles. The van der Waals surface area contributed by atoms with E-state index in [0.29, 0.717) is 38.8 Å². The summed E-state index contributed by atoms with van der Waals surface area (Å²) in [5.41, 5.74) is 0. The van der Waals surface area contributed by atoms with Gasteiger partial charge in [0.15, 0.2) is 0 Å². The van der Waals surface area contributed by atoms with Gasteiger partial charge in [0.2, 0.25) is 11.8 Å². The standard InChI is InChI=1S/C13H24N4O2.ClH/c1-11-9-14-3-4-17(11)10-13(19)16-7-5-15(6-8-16)12(2)18;/h11,14H,3-10H2,1-2H3;1H/t11-;/m0./s1. The summed E-state index contributed by atoms with van der Waals surface area (Å²) in [7, 11) is 0. The van der Waals surface area contributed by atoms with Crippen molar-refractivity contribution in [1.82, 2.24) is 20.0 Å². The molecule has 0 aromatic heterocycles. The van der Waals surface area contributed by atoms with Crippen LogP contribution in [0.25, 0.3) is 0 Å². The van der Waals surface area contributed by atoms with Gasteiger partial charge in [-0.15, -0.1) is 12.4 Å². The lowest BCUT2D eigenvalue weighted by Gasteiger charge is -2.38. The number of halogens is 1. The molecule has 0 aliphatic carbocycles. The van der Waals surface area contributed by atoms with Crippen LogP contribution in [0.1, 0.15) is 13.8 Å². The highest BCUT2D eigenvalue weighted by Crippen LogP contribution is 2.06. The smallest absolute Gasteiger partial charge is 0.236 e. The maximum absolute atomic E-state index is 12.2. The van der Waals surface area contributed by atoms with E-state index in [1.54, 1.807) is 11.8 Å². The Morgan fingerprint density at radius 3 is 2.25 bits per heavy atom. The summed E-state index contributed by atoms with van der Waals surface area (Å²) in [4.78, 5) is 29.4. The van der Waals surface area contributed by atoms with Gasteiger partial charge in [0.1, 0.15) is 0 Å². The van der Waals surface area contributed by atoms with E-state index in [1.807, 2.05) is 4.90 Å². The van der Waals surface area contributed by atoms with Crippen LogP contribution >= 0.6 is 12.4 Å². The molecule has 0 bridgehead atoms. The van der Waals surface area contributed by atoms with E-state index in [0.717, 1.165) is 19.6 Å². The molecule has 1 N–H and O–H groups in total. The third-order valence-corrected chi connectivity index (χ3v) is 4.05. The van der Waals surface area contributed by atoms with Crippen molar-refractivity contribution in [1.29, 1.82) is 0 Å². The largest absolute Gasteiger partial charge is 0.339 e. The van der Waals surface area contributed by atoms with Crippen molar-refractivity contribution in [2.75, 3.05) is 52.4 Å². The molecule has 2 aliphatic rings. The molecule has 0 aromatic rings. The van der Waals surface area contributed by atoms with Gasteiger partial charge in [-0.05, 0) is 6.92 Å². The Morgan fingerprint density at radius 1 is 1.10 bits per heavy atom. The van der Waals surface area contributed by atoms with Crippen molar-refractivity contribution in [3.8, 4) is 0 Å². The van der Waals surface area contributed by atoms with Gasteiger partial charge in [-0.25, -0.2) is 0 Å². The summed E-state index contributed by atoms with van der Waals surface area (Å²) in [5.74, 6) is 0.291. The lowest BCUT2D eigenvalue weighted by atomic mass is 10.2.